The van der Waals surface area contributed by atoms with E-state index in [1.165, 1.54) is 12.1 Å². The van der Waals surface area contributed by atoms with E-state index < -0.39 is 35.6 Å². The summed E-state index contributed by atoms with van der Waals surface area (Å²) >= 11 is 0. The molecule has 0 bridgehead atoms. The van der Waals surface area contributed by atoms with Crippen molar-refractivity contribution in [2.45, 2.75) is 45.4 Å². The highest BCUT2D eigenvalue weighted by Gasteiger charge is 2.33. The molecule has 2 N–H and O–H groups in total. The lowest BCUT2D eigenvalue weighted by molar-refractivity contribution is -0.119. The van der Waals surface area contributed by atoms with Gasteiger partial charge in [0.2, 0.25) is 0 Å². The number of alkyl carbamates (subject to hydrolysis) is 1. The number of ether oxygens (including phenoxy) is 2. The second-order valence-electron chi connectivity index (χ2n) is 6.08. The number of benzene rings is 1. The van der Waals surface area contributed by atoms with E-state index in [4.69, 9.17) is 9.47 Å². The average molecular weight is 310 g/mol. The van der Waals surface area contributed by atoms with Crippen LogP contribution in [-0.4, -0.2) is 29.7 Å². The molecular weight excluding hydrogens is 291 g/mol. The summed E-state index contributed by atoms with van der Waals surface area (Å²) in [5.41, 5.74) is -0.452. The first-order valence-corrected chi connectivity index (χ1v) is 6.92. The van der Waals surface area contributed by atoms with Crippen LogP contribution in [0.4, 0.5) is 14.9 Å². The summed E-state index contributed by atoms with van der Waals surface area (Å²) in [6, 6.07) is 2.87. The molecule has 1 aromatic rings. The molecule has 0 saturated carbocycles. The molecule has 0 aliphatic carbocycles. The summed E-state index contributed by atoms with van der Waals surface area (Å²) in [4.78, 5) is 24.0. The van der Waals surface area contributed by atoms with Crippen molar-refractivity contribution in [3.8, 4) is 5.75 Å². The van der Waals surface area contributed by atoms with E-state index in [2.05, 4.69) is 10.6 Å². The van der Waals surface area contributed by atoms with Gasteiger partial charge in [-0.2, -0.15) is 0 Å². The Balaban J connectivity index is 2.15. The van der Waals surface area contributed by atoms with Crippen LogP contribution in [0.2, 0.25) is 0 Å². The third-order valence-electron chi connectivity index (χ3n) is 2.94. The lowest BCUT2D eigenvalue weighted by Gasteiger charge is -2.24. The van der Waals surface area contributed by atoms with Crippen LogP contribution in [0.5, 0.6) is 5.75 Å². The Bertz CT molecular complexity index is 598. The van der Waals surface area contributed by atoms with E-state index in [1.54, 1.807) is 27.7 Å². The molecule has 7 heteroatoms. The zero-order valence-electron chi connectivity index (χ0n) is 12.9. The molecule has 0 unspecified atom stereocenters. The Kier molecular flexibility index (Phi) is 4.25. The number of fused-ring (bicyclic) bond motifs is 1. The topological polar surface area (TPSA) is 76.7 Å². The van der Waals surface area contributed by atoms with Crippen LogP contribution in [0.25, 0.3) is 0 Å². The van der Waals surface area contributed by atoms with Crippen LogP contribution in [0.3, 0.4) is 0 Å². The SMILES string of the molecule is C[C@@H]1Oc2ccc(F)cc2NC(=O)[C@@H]1NC(=O)OC(C)(C)C. The van der Waals surface area contributed by atoms with Crippen LogP contribution in [0.1, 0.15) is 27.7 Å². The Morgan fingerprint density at radius 1 is 1.41 bits per heavy atom. The van der Waals surface area contributed by atoms with Crippen molar-refractivity contribution in [1.29, 1.82) is 0 Å². The normalized spacial score (nSPS) is 21.0. The Morgan fingerprint density at radius 3 is 2.73 bits per heavy atom. The number of amides is 2. The van der Waals surface area contributed by atoms with Crippen molar-refractivity contribution in [2.75, 3.05) is 5.32 Å². The molecule has 6 nitrogen and oxygen atoms in total. The first-order valence-electron chi connectivity index (χ1n) is 6.92. The smallest absolute Gasteiger partial charge is 0.408 e. The summed E-state index contributed by atoms with van der Waals surface area (Å²) in [5.74, 6) is -0.646. The largest absolute Gasteiger partial charge is 0.486 e. The maximum atomic E-state index is 13.2. The number of hydrogen-bond donors (Lipinski definition) is 2. The predicted molar refractivity (Wildman–Crippen MR) is 78.3 cm³/mol. The van der Waals surface area contributed by atoms with E-state index in [0.717, 1.165) is 6.07 Å². The molecule has 0 fully saturated rings. The molecule has 1 aliphatic rings. The molecular formula is C15H19FN2O4. The second kappa shape index (κ2) is 5.82. The maximum absolute atomic E-state index is 13.2. The standard InChI is InChI=1S/C15H19FN2O4/c1-8-12(18-14(20)22-15(2,3)4)13(19)17-10-7-9(16)5-6-11(10)21-8/h5-8,12H,1-4H3,(H,17,19)(H,18,20)/t8-,12+/m0/s1. The first kappa shape index (κ1) is 16.1. The van der Waals surface area contributed by atoms with Gasteiger partial charge in [0, 0.05) is 6.07 Å². The van der Waals surface area contributed by atoms with Crippen LogP contribution in [0, 0.1) is 5.82 Å². The fourth-order valence-electron chi connectivity index (χ4n) is 2.01. The fraction of sp³-hybridized carbons (Fsp3) is 0.467. The highest BCUT2D eigenvalue weighted by molar-refractivity contribution is 5.98. The van der Waals surface area contributed by atoms with Gasteiger partial charge >= 0.3 is 6.09 Å². The van der Waals surface area contributed by atoms with Crippen molar-refractivity contribution in [1.82, 2.24) is 5.32 Å². The minimum atomic E-state index is -0.953. The molecule has 2 rings (SSSR count). The minimum absolute atomic E-state index is 0.227. The van der Waals surface area contributed by atoms with Gasteiger partial charge in [0.15, 0.2) is 0 Å². The third-order valence-corrected chi connectivity index (χ3v) is 2.94. The number of carbonyl (C=O) groups excluding carboxylic acids is 2. The summed E-state index contributed by atoms with van der Waals surface area (Å²) in [6.45, 7) is 6.80. The number of rotatable bonds is 1. The molecule has 120 valence electrons. The first-order chi connectivity index (χ1) is 10.2. The van der Waals surface area contributed by atoms with Gasteiger partial charge in [-0.15, -0.1) is 0 Å². The average Bonchev–Trinajstić information content (AvgIpc) is 2.46. The molecule has 0 radical (unpaired) electrons. The van der Waals surface area contributed by atoms with Crippen LogP contribution in [-0.2, 0) is 9.53 Å². The van der Waals surface area contributed by atoms with E-state index in [9.17, 15) is 14.0 Å². The van der Waals surface area contributed by atoms with E-state index in [-0.39, 0.29) is 5.69 Å². The summed E-state index contributed by atoms with van der Waals surface area (Å²) in [5, 5.41) is 5.01. The van der Waals surface area contributed by atoms with Gasteiger partial charge in [0.25, 0.3) is 5.91 Å². The van der Waals surface area contributed by atoms with Gasteiger partial charge in [-0.3, -0.25) is 4.79 Å². The quantitative estimate of drug-likeness (QED) is 0.835. The fourth-order valence-corrected chi connectivity index (χ4v) is 2.01. The van der Waals surface area contributed by atoms with Gasteiger partial charge in [0.05, 0.1) is 5.69 Å². The molecule has 0 saturated heterocycles. The summed E-state index contributed by atoms with van der Waals surface area (Å²) in [6.07, 6.45) is -1.36. The lowest BCUT2D eigenvalue weighted by Crippen LogP contribution is -2.51. The maximum Gasteiger partial charge on any atom is 0.408 e. The molecule has 1 aliphatic heterocycles. The lowest BCUT2D eigenvalue weighted by atomic mass is 10.1. The minimum Gasteiger partial charge on any atom is -0.486 e. The highest BCUT2D eigenvalue weighted by Crippen LogP contribution is 2.29. The Labute approximate surface area is 128 Å². The summed E-state index contributed by atoms with van der Waals surface area (Å²) in [7, 11) is 0. The summed E-state index contributed by atoms with van der Waals surface area (Å²) < 4.78 is 24.0. The van der Waals surface area contributed by atoms with Gasteiger partial charge < -0.3 is 20.1 Å². The second-order valence-corrected chi connectivity index (χ2v) is 6.08. The van der Waals surface area contributed by atoms with Gasteiger partial charge in [-0.05, 0) is 39.8 Å². The van der Waals surface area contributed by atoms with Gasteiger partial charge in [0.1, 0.15) is 29.3 Å². The number of nitrogens with one attached hydrogen (secondary N) is 2. The van der Waals surface area contributed by atoms with Crippen molar-refractivity contribution in [3.05, 3.63) is 24.0 Å². The van der Waals surface area contributed by atoms with Crippen molar-refractivity contribution in [2.24, 2.45) is 0 Å². The van der Waals surface area contributed by atoms with Crippen molar-refractivity contribution in [3.63, 3.8) is 0 Å². The highest BCUT2D eigenvalue weighted by atomic mass is 19.1. The number of hydrogen-bond acceptors (Lipinski definition) is 4. The van der Waals surface area contributed by atoms with Crippen molar-refractivity contribution >= 4 is 17.7 Å². The van der Waals surface area contributed by atoms with Crippen LogP contribution < -0.4 is 15.4 Å². The number of halogens is 1. The van der Waals surface area contributed by atoms with E-state index >= 15 is 0 Å². The number of anilines is 1. The van der Waals surface area contributed by atoms with Crippen LogP contribution in [0.15, 0.2) is 18.2 Å². The van der Waals surface area contributed by atoms with E-state index in [0.29, 0.717) is 5.75 Å². The van der Waals surface area contributed by atoms with Crippen molar-refractivity contribution < 1.29 is 23.5 Å². The molecule has 2 atom stereocenters. The Morgan fingerprint density at radius 2 is 2.09 bits per heavy atom. The van der Waals surface area contributed by atoms with Crippen LogP contribution >= 0.6 is 0 Å². The van der Waals surface area contributed by atoms with E-state index in [1.807, 2.05) is 0 Å². The third kappa shape index (κ3) is 3.87. The monoisotopic (exact) mass is 310 g/mol. The zero-order valence-corrected chi connectivity index (χ0v) is 12.9. The molecule has 0 spiro atoms. The zero-order chi connectivity index (χ0) is 16.5. The Hall–Kier alpha value is -2.31. The predicted octanol–water partition coefficient (Wildman–Crippen LogP) is 2.44. The molecule has 22 heavy (non-hydrogen) atoms. The molecule has 1 aromatic carbocycles. The van der Waals surface area contributed by atoms with Gasteiger partial charge in [-0.1, -0.05) is 0 Å². The molecule has 2 amide bonds. The van der Waals surface area contributed by atoms with Gasteiger partial charge in [-0.25, -0.2) is 9.18 Å². The molecule has 1 heterocycles. The molecule has 0 aromatic heterocycles. The number of carbonyl (C=O) groups is 2.